The van der Waals surface area contributed by atoms with Crippen LogP contribution in [0.4, 0.5) is 0 Å². The topological polar surface area (TPSA) is 23.6 Å². The van der Waals surface area contributed by atoms with E-state index in [1.807, 2.05) is 0 Å². The van der Waals surface area contributed by atoms with Crippen LogP contribution in [0, 0.1) is 5.92 Å². The molecule has 0 radical (unpaired) electrons. The van der Waals surface area contributed by atoms with Crippen molar-refractivity contribution in [2.24, 2.45) is 5.92 Å². The summed E-state index contributed by atoms with van der Waals surface area (Å²) in [5.74, 6) is 1.15. The SMILES string of the molecule is CC(C)(C)N1CC2CCCN3C2C1C(=O)C3(C)C. The van der Waals surface area contributed by atoms with E-state index in [2.05, 4.69) is 44.4 Å². The lowest BCUT2D eigenvalue weighted by Gasteiger charge is -2.40. The molecule has 18 heavy (non-hydrogen) atoms. The van der Waals surface area contributed by atoms with Gasteiger partial charge in [-0.1, -0.05) is 0 Å². The number of ketones is 1. The monoisotopic (exact) mass is 250 g/mol. The third-order valence-corrected chi connectivity index (χ3v) is 5.36. The van der Waals surface area contributed by atoms with Crippen LogP contribution in [0.15, 0.2) is 0 Å². The molecule has 3 fully saturated rings. The Morgan fingerprint density at radius 1 is 1.28 bits per heavy atom. The van der Waals surface area contributed by atoms with Crippen LogP contribution in [0.3, 0.4) is 0 Å². The minimum Gasteiger partial charge on any atom is -0.296 e. The Hall–Kier alpha value is -0.410. The summed E-state index contributed by atoms with van der Waals surface area (Å²) in [6, 6.07) is 0.630. The van der Waals surface area contributed by atoms with Gasteiger partial charge in [0.05, 0.1) is 11.6 Å². The molecule has 3 unspecified atom stereocenters. The van der Waals surface area contributed by atoms with Crippen LogP contribution in [0.2, 0.25) is 0 Å². The van der Waals surface area contributed by atoms with Gasteiger partial charge < -0.3 is 0 Å². The molecular formula is C15H26N2O. The average molecular weight is 250 g/mol. The maximum Gasteiger partial charge on any atom is 0.171 e. The summed E-state index contributed by atoms with van der Waals surface area (Å²) in [7, 11) is 0. The lowest BCUT2D eigenvalue weighted by Crippen LogP contribution is -2.52. The number of hydrogen-bond acceptors (Lipinski definition) is 3. The predicted molar refractivity (Wildman–Crippen MR) is 72.6 cm³/mol. The minimum absolute atomic E-state index is 0.101. The molecule has 3 rings (SSSR count). The molecule has 3 nitrogen and oxygen atoms in total. The fraction of sp³-hybridized carbons (Fsp3) is 0.933. The van der Waals surface area contributed by atoms with E-state index in [1.54, 1.807) is 0 Å². The molecule has 3 aliphatic rings. The zero-order valence-corrected chi connectivity index (χ0v) is 12.4. The summed E-state index contributed by atoms with van der Waals surface area (Å²) in [6.07, 6.45) is 2.55. The molecule has 0 aromatic heterocycles. The molecule has 102 valence electrons. The molecule has 3 aliphatic heterocycles. The standard InChI is InChI=1S/C15H26N2O/c1-14(2,3)17-9-10-7-6-8-16-11(10)12(17)13(18)15(16,4)5/h10-12H,6-9H2,1-5H3. The zero-order valence-electron chi connectivity index (χ0n) is 12.4. The Labute approximate surface area is 111 Å². The molecule has 3 atom stereocenters. The summed E-state index contributed by atoms with van der Waals surface area (Å²) in [5, 5.41) is 0. The van der Waals surface area contributed by atoms with Crippen molar-refractivity contribution in [1.29, 1.82) is 0 Å². The molecule has 0 N–H and O–H groups in total. The Morgan fingerprint density at radius 2 is 1.94 bits per heavy atom. The predicted octanol–water partition coefficient (Wildman–Crippen LogP) is 1.91. The number of carbonyl (C=O) groups is 1. The van der Waals surface area contributed by atoms with E-state index in [0.29, 0.717) is 17.7 Å². The average Bonchev–Trinajstić information content (AvgIpc) is 2.73. The number of carbonyl (C=O) groups excluding carboxylic acids is 1. The number of rotatable bonds is 0. The second-order valence-corrected chi connectivity index (χ2v) is 7.78. The van der Waals surface area contributed by atoms with Crippen LogP contribution < -0.4 is 0 Å². The number of likely N-dealkylation sites (tertiary alicyclic amines) is 1. The van der Waals surface area contributed by atoms with Crippen LogP contribution in [0.25, 0.3) is 0 Å². The molecular weight excluding hydrogens is 224 g/mol. The van der Waals surface area contributed by atoms with Crippen molar-refractivity contribution in [2.75, 3.05) is 13.1 Å². The van der Waals surface area contributed by atoms with E-state index in [4.69, 9.17) is 0 Å². The largest absolute Gasteiger partial charge is 0.296 e. The molecule has 0 aliphatic carbocycles. The Morgan fingerprint density at radius 3 is 2.56 bits per heavy atom. The van der Waals surface area contributed by atoms with Gasteiger partial charge in [-0.25, -0.2) is 0 Å². The first-order chi connectivity index (χ1) is 8.24. The van der Waals surface area contributed by atoms with Crippen LogP contribution in [0.1, 0.15) is 47.5 Å². The molecule has 0 saturated carbocycles. The third-order valence-electron chi connectivity index (χ3n) is 5.36. The maximum atomic E-state index is 12.8. The van der Waals surface area contributed by atoms with Crippen molar-refractivity contribution < 1.29 is 4.79 Å². The Kier molecular flexibility index (Phi) is 2.50. The number of Topliss-reactive ketones (excluding diaryl/α,β-unsaturated/α-hetero) is 1. The highest BCUT2D eigenvalue weighted by Gasteiger charge is 2.63. The molecule has 3 saturated heterocycles. The lowest BCUT2D eigenvalue weighted by molar-refractivity contribution is -0.128. The first-order valence-corrected chi connectivity index (χ1v) is 7.32. The summed E-state index contributed by atoms with van der Waals surface area (Å²) in [6.45, 7) is 13.2. The van der Waals surface area contributed by atoms with E-state index in [9.17, 15) is 4.79 Å². The van der Waals surface area contributed by atoms with Gasteiger partial charge in [0, 0.05) is 18.1 Å². The van der Waals surface area contributed by atoms with Crippen molar-refractivity contribution in [3.63, 3.8) is 0 Å². The summed E-state index contributed by atoms with van der Waals surface area (Å²) >= 11 is 0. The van der Waals surface area contributed by atoms with Crippen molar-refractivity contribution in [1.82, 2.24) is 9.80 Å². The van der Waals surface area contributed by atoms with E-state index >= 15 is 0 Å². The Balaban J connectivity index is 2.02. The van der Waals surface area contributed by atoms with Crippen LogP contribution in [-0.4, -0.2) is 51.8 Å². The van der Waals surface area contributed by atoms with Gasteiger partial charge in [0.15, 0.2) is 5.78 Å². The first-order valence-electron chi connectivity index (χ1n) is 7.32. The molecule has 3 heteroatoms. The molecule has 0 aromatic rings. The van der Waals surface area contributed by atoms with Gasteiger partial charge >= 0.3 is 0 Å². The highest BCUT2D eigenvalue weighted by molar-refractivity contribution is 5.96. The summed E-state index contributed by atoms with van der Waals surface area (Å²) in [5.41, 5.74) is -0.151. The van der Waals surface area contributed by atoms with Gasteiger partial charge in [0.25, 0.3) is 0 Å². The van der Waals surface area contributed by atoms with E-state index in [1.165, 1.54) is 12.8 Å². The number of piperidine rings is 1. The second-order valence-electron chi connectivity index (χ2n) is 7.78. The van der Waals surface area contributed by atoms with Crippen molar-refractivity contribution >= 4 is 5.78 Å². The highest BCUT2D eigenvalue weighted by atomic mass is 16.1. The zero-order chi connectivity index (χ0) is 13.3. The maximum absolute atomic E-state index is 12.8. The van der Waals surface area contributed by atoms with Gasteiger partial charge in [-0.2, -0.15) is 0 Å². The first kappa shape index (κ1) is 12.6. The number of hydrogen-bond donors (Lipinski definition) is 0. The van der Waals surface area contributed by atoms with E-state index in [0.717, 1.165) is 13.1 Å². The molecule has 0 spiro atoms. The van der Waals surface area contributed by atoms with E-state index in [-0.39, 0.29) is 17.1 Å². The summed E-state index contributed by atoms with van der Waals surface area (Å²) in [4.78, 5) is 17.8. The molecule has 0 amide bonds. The molecule has 0 aromatic carbocycles. The van der Waals surface area contributed by atoms with Gasteiger partial charge in [-0.3, -0.25) is 14.6 Å². The van der Waals surface area contributed by atoms with Crippen LogP contribution >= 0.6 is 0 Å². The van der Waals surface area contributed by atoms with Crippen LogP contribution in [0.5, 0.6) is 0 Å². The number of nitrogens with zero attached hydrogens (tertiary/aromatic N) is 2. The highest BCUT2D eigenvalue weighted by Crippen LogP contribution is 2.47. The lowest BCUT2D eigenvalue weighted by atomic mass is 9.91. The van der Waals surface area contributed by atoms with Crippen molar-refractivity contribution in [3.8, 4) is 0 Å². The van der Waals surface area contributed by atoms with E-state index < -0.39 is 0 Å². The van der Waals surface area contributed by atoms with Crippen molar-refractivity contribution in [3.05, 3.63) is 0 Å². The van der Waals surface area contributed by atoms with Gasteiger partial charge in [0.2, 0.25) is 0 Å². The fourth-order valence-electron chi connectivity index (χ4n) is 4.42. The molecule has 0 bridgehead atoms. The van der Waals surface area contributed by atoms with Gasteiger partial charge in [0.1, 0.15) is 0 Å². The van der Waals surface area contributed by atoms with Gasteiger partial charge in [-0.15, -0.1) is 0 Å². The van der Waals surface area contributed by atoms with Gasteiger partial charge in [-0.05, 0) is 59.9 Å². The third kappa shape index (κ3) is 1.47. The normalized spacial score (nSPS) is 40.3. The van der Waals surface area contributed by atoms with Crippen molar-refractivity contribution in [2.45, 2.75) is 70.6 Å². The molecule has 3 heterocycles. The summed E-state index contributed by atoms with van der Waals surface area (Å²) < 4.78 is 0. The Bertz CT molecular complexity index is 382. The quantitative estimate of drug-likeness (QED) is 0.656. The fourth-order valence-corrected chi connectivity index (χ4v) is 4.42. The minimum atomic E-state index is -0.252. The second kappa shape index (κ2) is 3.57. The smallest absolute Gasteiger partial charge is 0.171 e. The van der Waals surface area contributed by atoms with Crippen LogP contribution in [-0.2, 0) is 4.79 Å².